The van der Waals surface area contributed by atoms with E-state index in [1.807, 2.05) is 44.2 Å². The standard InChI is InChI=1S/C23H25BrN2O2.C23H25BrN2.C4H5F3OS.CH4/c1-4-28-22-11-7-19(8-12-22)16-26(23-14-20(24)13-17(2)25-23)15-18-5-9-21(27-3)10-6-18;1-16-5-9-20(10-6-16)14-26(15-21-11-7-17(2)8-12-21)23-13-22(24)18(3)19(4)25-23;1-3(8-2)4(5,6)9-7;/h5-14H,4,15-16H2,1-3H3;5-13H,14-15H2,1-4H3;1H2,2H3;1H4. The summed E-state index contributed by atoms with van der Waals surface area (Å²) in [5, 5.41) is -3.62. The van der Waals surface area contributed by atoms with Gasteiger partial charge in [-0.1, -0.05) is 130 Å². The first-order chi connectivity index (χ1) is 30.0. The fourth-order valence-electron chi connectivity index (χ4n) is 6.07. The summed E-state index contributed by atoms with van der Waals surface area (Å²) >= 11 is 6.19. The molecular weight excluding hydrogens is 965 g/mol. The highest BCUT2D eigenvalue weighted by molar-refractivity contribution is 9.10. The number of rotatable bonds is 16. The Balaban J connectivity index is 0.000000283. The minimum Gasteiger partial charge on any atom is -0.497 e. The van der Waals surface area contributed by atoms with Gasteiger partial charge < -0.3 is 24.0 Å². The maximum Gasteiger partial charge on any atom is 0.378 e. The summed E-state index contributed by atoms with van der Waals surface area (Å²) in [5.41, 5.74) is 10.8. The summed E-state index contributed by atoms with van der Waals surface area (Å²) in [4.78, 5) is 14.2. The summed E-state index contributed by atoms with van der Waals surface area (Å²) in [6.07, 6.45) is 0. The highest BCUT2D eigenvalue weighted by Gasteiger charge is 2.36. The third-order valence-electron chi connectivity index (χ3n) is 9.79. The van der Waals surface area contributed by atoms with E-state index in [2.05, 4.69) is 166 Å². The van der Waals surface area contributed by atoms with Crippen LogP contribution >= 0.6 is 44.0 Å². The molecule has 0 aliphatic carbocycles. The fourth-order valence-corrected chi connectivity index (χ4v) is 7.27. The molecule has 342 valence electrons. The van der Waals surface area contributed by atoms with Crippen LogP contribution in [0.15, 0.2) is 137 Å². The van der Waals surface area contributed by atoms with Crippen molar-refractivity contribution >= 4 is 55.6 Å². The molecule has 0 aliphatic rings. The molecule has 2 heterocycles. The lowest BCUT2D eigenvalue weighted by atomic mass is 10.1. The summed E-state index contributed by atoms with van der Waals surface area (Å²) in [7, 11) is 2.69. The molecule has 0 aliphatic heterocycles. The molecule has 0 saturated carbocycles. The quantitative estimate of drug-likeness (QED) is 0.0889. The van der Waals surface area contributed by atoms with E-state index in [1.54, 1.807) is 7.11 Å². The van der Waals surface area contributed by atoms with Gasteiger partial charge >= 0.3 is 5.25 Å². The van der Waals surface area contributed by atoms with Crippen molar-refractivity contribution < 1.29 is 26.9 Å². The molecule has 7 nitrogen and oxygen atoms in total. The zero-order valence-corrected chi connectivity index (χ0v) is 41.0. The predicted molar refractivity (Wildman–Crippen MR) is 267 cm³/mol. The van der Waals surface area contributed by atoms with Crippen LogP contribution in [0.4, 0.5) is 24.3 Å². The molecule has 0 atom stereocenters. The molecule has 0 spiro atoms. The first kappa shape index (κ1) is 53.4. The maximum absolute atomic E-state index is 11.9. The van der Waals surface area contributed by atoms with Gasteiger partial charge in [0, 0.05) is 46.5 Å². The number of anilines is 2. The van der Waals surface area contributed by atoms with Gasteiger partial charge in [-0.15, -0.1) is 0 Å². The van der Waals surface area contributed by atoms with Crippen molar-refractivity contribution in [2.24, 2.45) is 0 Å². The zero-order valence-electron chi connectivity index (χ0n) is 37.0. The van der Waals surface area contributed by atoms with Crippen LogP contribution in [0.25, 0.3) is 0 Å². The molecule has 13 heteroatoms. The smallest absolute Gasteiger partial charge is 0.378 e. The lowest BCUT2D eigenvalue weighted by molar-refractivity contribution is 0.0726. The number of halogens is 5. The summed E-state index contributed by atoms with van der Waals surface area (Å²) < 4.78 is 52.0. The second-order valence-electron chi connectivity index (χ2n) is 14.8. The number of hydrogen-bond donors (Lipinski definition) is 0. The highest BCUT2D eigenvalue weighted by atomic mass is 79.9. The molecule has 0 N–H and O–H groups in total. The van der Waals surface area contributed by atoms with Gasteiger partial charge in [0.25, 0.3) is 0 Å². The summed E-state index contributed by atoms with van der Waals surface area (Å²) in [5.74, 6) is 2.82. The number of pyridine rings is 2. The zero-order chi connectivity index (χ0) is 46.1. The molecule has 6 rings (SSSR count). The average molecular weight is 1020 g/mol. The van der Waals surface area contributed by atoms with Crippen LogP contribution in [0.1, 0.15) is 64.7 Å². The average Bonchev–Trinajstić information content (AvgIpc) is 3.27. The minimum atomic E-state index is -3.62. The van der Waals surface area contributed by atoms with E-state index in [0.29, 0.717) is 6.61 Å². The van der Waals surface area contributed by atoms with Crippen LogP contribution in [-0.4, -0.2) is 36.0 Å². The molecular formula is C51H59Br2F3N4O3S. The van der Waals surface area contributed by atoms with Crippen molar-refractivity contribution in [3.63, 3.8) is 0 Å². The van der Waals surface area contributed by atoms with Gasteiger partial charge in [0.1, 0.15) is 35.3 Å². The maximum atomic E-state index is 11.9. The largest absolute Gasteiger partial charge is 0.497 e. The van der Waals surface area contributed by atoms with Gasteiger partial charge in [-0.2, -0.15) is 12.7 Å². The Bertz CT molecular complexity index is 2260. The third-order valence-corrected chi connectivity index (χ3v) is 11.5. The number of alkyl halides is 2. The Morgan fingerprint density at radius 3 is 1.44 bits per heavy atom. The molecule has 0 fully saturated rings. The lowest BCUT2D eigenvalue weighted by Gasteiger charge is -2.25. The van der Waals surface area contributed by atoms with Gasteiger partial charge in [0.2, 0.25) is 0 Å². The van der Waals surface area contributed by atoms with E-state index in [4.69, 9.17) is 19.4 Å². The Kier molecular flexibility index (Phi) is 21.8. The Morgan fingerprint density at radius 1 is 0.656 bits per heavy atom. The third kappa shape index (κ3) is 16.9. The molecule has 0 saturated heterocycles. The molecule has 0 amide bonds. The second-order valence-corrected chi connectivity index (χ2v) is 17.2. The Labute approximate surface area is 399 Å². The Morgan fingerprint density at radius 2 is 1.08 bits per heavy atom. The van der Waals surface area contributed by atoms with Crippen molar-refractivity contribution in [3.05, 3.63) is 187 Å². The number of hydrogen-bond acceptors (Lipinski definition) is 8. The number of methoxy groups -OCH3 is 2. The van der Waals surface area contributed by atoms with Crippen molar-refractivity contribution in [2.45, 2.75) is 80.4 Å². The van der Waals surface area contributed by atoms with Crippen molar-refractivity contribution in [3.8, 4) is 11.5 Å². The molecule has 4 aromatic carbocycles. The van der Waals surface area contributed by atoms with Gasteiger partial charge in [-0.25, -0.2) is 9.97 Å². The van der Waals surface area contributed by atoms with E-state index < -0.39 is 23.2 Å². The van der Waals surface area contributed by atoms with Gasteiger partial charge in [-0.05, 0) is 112 Å². The minimum absolute atomic E-state index is 0. The van der Waals surface area contributed by atoms with Crippen LogP contribution in [0, 0.1) is 34.6 Å². The SMILES string of the molecule is C.C=C(OC)C(F)(F)SF.CCOc1ccc(CN(Cc2ccc(OC)cc2)c2cc(Br)cc(C)n2)cc1.Cc1ccc(CN(Cc2ccc(C)cc2)c2cc(Br)c(C)c(C)n2)cc1. The number of benzene rings is 4. The topological polar surface area (TPSA) is 60.0 Å². The van der Waals surface area contributed by atoms with E-state index >= 15 is 0 Å². The van der Waals surface area contributed by atoms with E-state index in [0.717, 1.165) is 76.8 Å². The fraction of sp³-hybridized carbons (Fsp3) is 0.294. The monoisotopic (exact) mass is 1020 g/mol. The summed E-state index contributed by atoms with van der Waals surface area (Å²) in [6.45, 7) is 19.0. The van der Waals surface area contributed by atoms with Crippen LogP contribution in [-0.2, 0) is 30.9 Å². The van der Waals surface area contributed by atoms with Crippen LogP contribution in [0.3, 0.4) is 0 Å². The number of aromatic nitrogens is 2. The predicted octanol–water partition coefficient (Wildman–Crippen LogP) is 15.0. The molecule has 0 radical (unpaired) electrons. The number of nitrogens with zero attached hydrogens (tertiary/aromatic N) is 4. The Hall–Kier alpha value is -4.98. The number of ether oxygens (including phenoxy) is 3. The highest BCUT2D eigenvalue weighted by Crippen LogP contribution is 2.36. The van der Waals surface area contributed by atoms with Crippen molar-refractivity contribution in [1.82, 2.24) is 9.97 Å². The molecule has 0 bridgehead atoms. The van der Waals surface area contributed by atoms with Crippen LogP contribution in [0.5, 0.6) is 11.5 Å². The normalized spacial score (nSPS) is 10.6. The van der Waals surface area contributed by atoms with Gasteiger partial charge in [0.15, 0.2) is 5.76 Å². The molecule has 0 unspecified atom stereocenters. The van der Waals surface area contributed by atoms with Crippen molar-refractivity contribution in [1.29, 1.82) is 0 Å². The number of aryl methyl sites for hydroxylation is 4. The van der Waals surface area contributed by atoms with Gasteiger partial charge in [0.05, 0.1) is 20.8 Å². The molecule has 6 aromatic rings. The first-order valence-electron chi connectivity index (χ1n) is 20.2. The lowest BCUT2D eigenvalue weighted by Crippen LogP contribution is -2.23. The first-order valence-corrected chi connectivity index (χ1v) is 22.5. The second kappa shape index (κ2) is 26.1. The van der Waals surface area contributed by atoms with Crippen LogP contribution < -0.4 is 19.3 Å². The van der Waals surface area contributed by atoms with E-state index in [9.17, 15) is 12.7 Å². The molecule has 2 aromatic heterocycles. The van der Waals surface area contributed by atoms with Crippen molar-refractivity contribution in [2.75, 3.05) is 30.6 Å². The van der Waals surface area contributed by atoms with E-state index in [1.165, 1.54) is 38.9 Å². The van der Waals surface area contributed by atoms with E-state index in [-0.39, 0.29) is 7.43 Å². The van der Waals surface area contributed by atoms with Crippen LogP contribution in [0.2, 0.25) is 0 Å². The molecule has 64 heavy (non-hydrogen) atoms. The summed E-state index contributed by atoms with van der Waals surface area (Å²) in [6, 6.07) is 40.1. The van der Waals surface area contributed by atoms with Gasteiger partial charge in [-0.3, -0.25) is 0 Å².